The molecule has 9 heteroatoms. The van der Waals surface area contributed by atoms with Gasteiger partial charge in [-0.1, -0.05) is 0 Å². The monoisotopic (exact) mass is 355 g/mol. The predicted octanol–water partition coefficient (Wildman–Crippen LogP) is 1.77. The van der Waals surface area contributed by atoms with Gasteiger partial charge < -0.3 is 16.8 Å². The quantitative estimate of drug-likeness (QED) is 0.655. The lowest BCUT2D eigenvalue weighted by molar-refractivity contribution is 0.100. The van der Waals surface area contributed by atoms with E-state index in [9.17, 15) is 9.18 Å². The number of nitrogens with two attached hydrogens (primary N) is 2. The van der Waals surface area contributed by atoms with Gasteiger partial charge >= 0.3 is 0 Å². The number of hydrogen-bond donors (Lipinski definition) is 3. The maximum atomic E-state index is 14.1. The third kappa shape index (κ3) is 2.81. The fraction of sp³-hybridized carbons (Fsp3) is 0.294. The Morgan fingerprint density at radius 2 is 2.00 bits per heavy atom. The number of primary amides is 1. The number of halogens is 1. The summed E-state index contributed by atoms with van der Waals surface area (Å²) < 4.78 is 15.7. The van der Waals surface area contributed by atoms with Gasteiger partial charge in [0.15, 0.2) is 0 Å². The number of nitrogens with zero attached hydrogens (tertiary/aromatic N) is 4. The Morgan fingerprint density at radius 3 is 2.65 bits per heavy atom. The van der Waals surface area contributed by atoms with Gasteiger partial charge in [-0.05, 0) is 25.3 Å². The molecule has 3 heterocycles. The van der Waals surface area contributed by atoms with Gasteiger partial charge in [0.25, 0.3) is 5.91 Å². The molecule has 3 aromatic heterocycles. The molecule has 1 aliphatic carbocycles. The van der Waals surface area contributed by atoms with Crippen molar-refractivity contribution in [1.82, 2.24) is 19.6 Å². The number of anilines is 2. The average Bonchev–Trinajstić information content (AvgIpc) is 3.22. The van der Waals surface area contributed by atoms with Crippen LogP contribution in [0.4, 0.5) is 16.0 Å². The van der Waals surface area contributed by atoms with Crippen molar-refractivity contribution in [3.63, 3.8) is 0 Å². The molecular weight excluding hydrogens is 337 g/mol. The molecule has 1 saturated carbocycles. The number of alkyl halides is 1. The summed E-state index contributed by atoms with van der Waals surface area (Å²) in [5.41, 5.74) is 13.9. The number of nitrogen functional groups attached to an aromatic ring is 1. The van der Waals surface area contributed by atoms with E-state index in [0.717, 1.165) is 17.5 Å². The van der Waals surface area contributed by atoms with Crippen molar-refractivity contribution >= 4 is 23.1 Å². The van der Waals surface area contributed by atoms with Crippen LogP contribution in [-0.2, 0) is 0 Å². The highest BCUT2D eigenvalue weighted by Crippen LogP contribution is 2.32. The summed E-state index contributed by atoms with van der Waals surface area (Å²) in [4.78, 5) is 19.8. The third-order valence-corrected chi connectivity index (χ3v) is 4.67. The maximum Gasteiger partial charge on any atom is 0.252 e. The van der Waals surface area contributed by atoms with Crippen molar-refractivity contribution in [3.8, 4) is 11.1 Å². The molecule has 3 aromatic rings. The van der Waals surface area contributed by atoms with E-state index in [1.807, 2.05) is 6.07 Å². The van der Waals surface area contributed by atoms with Crippen LogP contribution in [0.2, 0.25) is 0 Å². The molecular formula is C17H18FN7O. The minimum atomic E-state index is -0.955. The third-order valence-electron chi connectivity index (χ3n) is 4.67. The van der Waals surface area contributed by atoms with E-state index in [1.165, 1.54) is 6.20 Å². The number of fused-ring (bicyclic) bond motifs is 1. The van der Waals surface area contributed by atoms with E-state index in [-0.39, 0.29) is 17.6 Å². The molecule has 134 valence electrons. The molecule has 8 nitrogen and oxygen atoms in total. The summed E-state index contributed by atoms with van der Waals surface area (Å²) in [6, 6.07) is 1.48. The van der Waals surface area contributed by atoms with Crippen LogP contribution < -0.4 is 16.8 Å². The van der Waals surface area contributed by atoms with Gasteiger partial charge in [-0.15, -0.1) is 0 Å². The fourth-order valence-electron chi connectivity index (χ4n) is 3.30. The molecule has 0 bridgehead atoms. The molecule has 26 heavy (non-hydrogen) atoms. The fourth-order valence-corrected chi connectivity index (χ4v) is 3.30. The summed E-state index contributed by atoms with van der Waals surface area (Å²) in [6.45, 7) is 0. The number of carbonyl (C=O) groups is 1. The lowest BCUT2D eigenvalue weighted by Gasteiger charge is -2.19. The van der Waals surface area contributed by atoms with E-state index in [4.69, 9.17) is 11.5 Å². The highest BCUT2D eigenvalue weighted by molar-refractivity contribution is 6.02. The van der Waals surface area contributed by atoms with Crippen LogP contribution in [0.15, 0.2) is 30.9 Å². The first-order valence-electron chi connectivity index (χ1n) is 8.32. The van der Waals surface area contributed by atoms with E-state index < -0.39 is 12.1 Å². The zero-order valence-electron chi connectivity index (χ0n) is 13.9. The molecule has 0 spiro atoms. The molecule has 1 fully saturated rings. The highest BCUT2D eigenvalue weighted by atomic mass is 19.1. The first-order chi connectivity index (χ1) is 12.5. The van der Waals surface area contributed by atoms with E-state index in [1.54, 1.807) is 23.1 Å². The van der Waals surface area contributed by atoms with Crippen LogP contribution in [0.3, 0.4) is 0 Å². The number of amides is 1. The summed E-state index contributed by atoms with van der Waals surface area (Å²) >= 11 is 0. The SMILES string of the molecule is NC(=O)c1cnn2cc(-c3cnc(N)nc3)cc2c1N[C@@H]1CCC[C@@H]1F. The number of aromatic nitrogens is 4. The van der Waals surface area contributed by atoms with Crippen LogP contribution in [0.1, 0.15) is 29.6 Å². The molecule has 0 aromatic carbocycles. The van der Waals surface area contributed by atoms with Gasteiger partial charge in [0.05, 0.1) is 29.0 Å². The Hall–Kier alpha value is -3.23. The lowest BCUT2D eigenvalue weighted by Crippen LogP contribution is -2.27. The van der Waals surface area contributed by atoms with Gasteiger partial charge in [0, 0.05) is 29.7 Å². The second-order valence-electron chi connectivity index (χ2n) is 6.38. The Kier molecular flexibility index (Phi) is 3.90. The van der Waals surface area contributed by atoms with Crippen LogP contribution in [0.25, 0.3) is 16.6 Å². The van der Waals surface area contributed by atoms with Gasteiger partial charge in [-0.3, -0.25) is 4.79 Å². The molecule has 5 N–H and O–H groups in total. The number of hydrogen-bond acceptors (Lipinski definition) is 6. The normalized spacial score (nSPS) is 19.7. The second kappa shape index (κ2) is 6.25. The molecule has 4 rings (SSSR count). The molecule has 0 radical (unpaired) electrons. The van der Waals surface area contributed by atoms with Crippen LogP contribution in [-0.4, -0.2) is 37.7 Å². The van der Waals surface area contributed by atoms with Crippen molar-refractivity contribution in [1.29, 1.82) is 0 Å². The smallest absolute Gasteiger partial charge is 0.252 e. The second-order valence-corrected chi connectivity index (χ2v) is 6.38. The standard InChI is InChI=1S/C17H18FN7O/c18-12-2-1-3-13(12)24-15-11(16(19)26)7-23-25-8-9(4-14(15)25)10-5-21-17(20)22-6-10/h4-8,12-13,24H,1-3H2,(H2,19,26)(H2,20,21,22)/t12-,13+/m0/s1. The van der Waals surface area contributed by atoms with Crippen molar-refractivity contribution in [3.05, 3.63) is 36.4 Å². The largest absolute Gasteiger partial charge is 0.377 e. The van der Waals surface area contributed by atoms with Gasteiger partial charge in [-0.25, -0.2) is 18.9 Å². The maximum absolute atomic E-state index is 14.1. The Labute approximate surface area is 148 Å². The first-order valence-corrected chi connectivity index (χ1v) is 8.32. The molecule has 0 saturated heterocycles. The molecule has 1 aliphatic rings. The van der Waals surface area contributed by atoms with Crippen LogP contribution >= 0.6 is 0 Å². The summed E-state index contributed by atoms with van der Waals surface area (Å²) in [6.07, 6.45) is 7.45. The molecule has 2 atom stereocenters. The number of carbonyl (C=O) groups excluding carboxylic acids is 1. The van der Waals surface area contributed by atoms with Gasteiger partial charge in [0.2, 0.25) is 5.95 Å². The molecule has 1 amide bonds. The minimum absolute atomic E-state index is 0.184. The van der Waals surface area contributed by atoms with E-state index in [2.05, 4.69) is 20.4 Å². The van der Waals surface area contributed by atoms with E-state index in [0.29, 0.717) is 24.0 Å². The van der Waals surface area contributed by atoms with Crippen molar-refractivity contribution in [2.75, 3.05) is 11.1 Å². The lowest BCUT2D eigenvalue weighted by atomic mass is 10.1. The number of nitrogens with one attached hydrogen (secondary N) is 1. The molecule has 0 unspecified atom stereocenters. The van der Waals surface area contributed by atoms with Gasteiger partial charge in [0.1, 0.15) is 6.17 Å². The minimum Gasteiger partial charge on any atom is -0.377 e. The van der Waals surface area contributed by atoms with Crippen molar-refractivity contribution in [2.45, 2.75) is 31.5 Å². The van der Waals surface area contributed by atoms with Gasteiger partial charge in [-0.2, -0.15) is 5.10 Å². The summed E-state index contributed by atoms with van der Waals surface area (Å²) in [5.74, 6) is -0.432. The average molecular weight is 355 g/mol. The topological polar surface area (TPSA) is 124 Å². The van der Waals surface area contributed by atoms with E-state index >= 15 is 0 Å². The Balaban J connectivity index is 1.82. The number of rotatable bonds is 4. The summed E-state index contributed by atoms with van der Waals surface area (Å²) in [5, 5.41) is 7.41. The van der Waals surface area contributed by atoms with Crippen molar-refractivity contribution in [2.24, 2.45) is 5.73 Å². The Morgan fingerprint density at radius 1 is 1.23 bits per heavy atom. The zero-order valence-corrected chi connectivity index (χ0v) is 13.9. The predicted molar refractivity (Wildman–Crippen MR) is 95.3 cm³/mol. The Bertz CT molecular complexity index is 969. The molecule has 0 aliphatic heterocycles. The first kappa shape index (κ1) is 16.2. The highest BCUT2D eigenvalue weighted by Gasteiger charge is 2.28. The zero-order chi connectivity index (χ0) is 18.3. The summed E-state index contributed by atoms with van der Waals surface area (Å²) in [7, 11) is 0. The van der Waals surface area contributed by atoms with Crippen LogP contribution in [0, 0.1) is 0 Å². The van der Waals surface area contributed by atoms with Crippen LogP contribution in [0.5, 0.6) is 0 Å². The van der Waals surface area contributed by atoms with Crippen molar-refractivity contribution < 1.29 is 9.18 Å².